The fourth-order valence-electron chi connectivity index (χ4n) is 2.18. The monoisotopic (exact) mass is 366 g/mol. The van der Waals surface area contributed by atoms with Crippen molar-refractivity contribution in [3.8, 4) is 0 Å². The van der Waals surface area contributed by atoms with E-state index < -0.39 is 11.7 Å². The van der Waals surface area contributed by atoms with E-state index in [0.717, 1.165) is 17.7 Å². The molecule has 0 aromatic heterocycles. The summed E-state index contributed by atoms with van der Waals surface area (Å²) in [6.45, 7) is 2.07. The van der Waals surface area contributed by atoms with Gasteiger partial charge in [-0.2, -0.15) is 13.2 Å². The van der Waals surface area contributed by atoms with Crippen LogP contribution in [-0.2, 0) is 17.5 Å². The Bertz CT molecular complexity index is 726. The molecule has 1 N–H and O–H groups in total. The van der Waals surface area contributed by atoms with Crippen molar-refractivity contribution in [2.75, 3.05) is 19.4 Å². The van der Waals surface area contributed by atoms with Gasteiger partial charge < -0.3 is 15.0 Å². The zero-order chi connectivity index (χ0) is 19.3. The molecule has 2 aromatic rings. The minimum atomic E-state index is -4.34. The summed E-state index contributed by atoms with van der Waals surface area (Å²) in [7, 11) is 3.31. The summed E-state index contributed by atoms with van der Waals surface area (Å²) in [5, 5.41) is 2.74. The molecule has 2 aromatic carbocycles. The highest BCUT2D eigenvalue weighted by molar-refractivity contribution is 5.88. The van der Waals surface area contributed by atoms with Gasteiger partial charge in [0.15, 0.2) is 0 Å². The summed E-state index contributed by atoms with van der Waals surface area (Å²) in [5.74, 6) is 0. The Morgan fingerprint density at radius 2 is 1.65 bits per heavy atom. The van der Waals surface area contributed by atoms with Crippen LogP contribution in [0.2, 0.25) is 0 Å². The first-order valence-electron chi connectivity index (χ1n) is 8.03. The average Bonchev–Trinajstić information content (AvgIpc) is 2.59. The minimum Gasteiger partial charge on any atom is -0.369 e. The predicted molar refractivity (Wildman–Crippen MR) is 93.8 cm³/mol. The van der Waals surface area contributed by atoms with Crippen LogP contribution in [0.4, 0.5) is 23.7 Å². The van der Waals surface area contributed by atoms with Crippen molar-refractivity contribution >= 4 is 11.7 Å². The first-order chi connectivity index (χ1) is 12.2. The molecular formula is C19H21F3N2O2. The maximum Gasteiger partial charge on any atom is 0.416 e. The fourth-order valence-corrected chi connectivity index (χ4v) is 2.18. The van der Waals surface area contributed by atoms with E-state index in [1.807, 2.05) is 19.1 Å². The van der Waals surface area contributed by atoms with Crippen molar-refractivity contribution in [1.82, 2.24) is 4.90 Å². The van der Waals surface area contributed by atoms with Gasteiger partial charge >= 0.3 is 12.2 Å². The lowest BCUT2D eigenvalue weighted by Gasteiger charge is -2.16. The number of alkyl halides is 3. The van der Waals surface area contributed by atoms with E-state index in [0.29, 0.717) is 11.3 Å². The molecule has 0 aliphatic heterocycles. The third-order valence-corrected chi connectivity index (χ3v) is 3.82. The number of amides is 2. The molecule has 0 radical (unpaired) electrons. The molecule has 0 saturated carbocycles. The van der Waals surface area contributed by atoms with Crippen LogP contribution in [0.1, 0.15) is 29.7 Å². The maximum absolute atomic E-state index is 12.6. The van der Waals surface area contributed by atoms with E-state index in [9.17, 15) is 18.0 Å². The summed E-state index contributed by atoms with van der Waals surface area (Å²) >= 11 is 0. The number of benzene rings is 2. The van der Waals surface area contributed by atoms with Crippen molar-refractivity contribution in [1.29, 1.82) is 0 Å². The first kappa shape index (κ1) is 19.8. The van der Waals surface area contributed by atoms with Gasteiger partial charge in [0.1, 0.15) is 0 Å². The highest BCUT2D eigenvalue weighted by Gasteiger charge is 2.29. The molecule has 2 rings (SSSR count). The zero-order valence-electron chi connectivity index (χ0n) is 14.8. The number of nitrogens with one attached hydrogen (secondary N) is 1. The Morgan fingerprint density at radius 3 is 2.15 bits per heavy atom. The van der Waals surface area contributed by atoms with Gasteiger partial charge in [-0.1, -0.05) is 24.3 Å². The number of urea groups is 1. The lowest BCUT2D eigenvalue weighted by atomic mass is 10.1. The van der Waals surface area contributed by atoms with Gasteiger partial charge in [0.25, 0.3) is 0 Å². The molecule has 4 nitrogen and oxygen atoms in total. The molecular weight excluding hydrogens is 345 g/mol. The fraction of sp³-hybridized carbons (Fsp3) is 0.316. The van der Waals surface area contributed by atoms with Crippen molar-refractivity contribution in [2.45, 2.75) is 25.8 Å². The van der Waals surface area contributed by atoms with E-state index >= 15 is 0 Å². The van der Waals surface area contributed by atoms with Crippen LogP contribution in [0.15, 0.2) is 48.5 Å². The second-order valence-electron chi connectivity index (χ2n) is 6.09. The Labute approximate surface area is 150 Å². The summed E-state index contributed by atoms with van der Waals surface area (Å²) < 4.78 is 43.4. The van der Waals surface area contributed by atoms with E-state index in [-0.39, 0.29) is 18.7 Å². The molecule has 0 aliphatic rings. The van der Waals surface area contributed by atoms with Crippen molar-refractivity contribution in [3.05, 3.63) is 65.2 Å². The van der Waals surface area contributed by atoms with Crippen molar-refractivity contribution in [2.24, 2.45) is 0 Å². The Morgan fingerprint density at radius 1 is 1.08 bits per heavy atom. The third-order valence-electron chi connectivity index (χ3n) is 3.82. The molecule has 0 aliphatic carbocycles. The Balaban J connectivity index is 1.91. The number of ether oxygens (including phenoxy) is 1. The van der Waals surface area contributed by atoms with E-state index in [2.05, 4.69) is 5.32 Å². The van der Waals surface area contributed by atoms with Gasteiger partial charge in [0, 0.05) is 19.8 Å². The van der Waals surface area contributed by atoms with Crippen molar-refractivity contribution < 1.29 is 22.7 Å². The number of hydrogen-bond acceptors (Lipinski definition) is 2. The highest BCUT2D eigenvalue weighted by atomic mass is 19.4. The lowest BCUT2D eigenvalue weighted by molar-refractivity contribution is -0.137. The maximum atomic E-state index is 12.6. The average molecular weight is 366 g/mol. The molecule has 0 fully saturated rings. The highest BCUT2D eigenvalue weighted by Crippen LogP contribution is 2.29. The number of rotatable bonds is 5. The molecule has 0 heterocycles. The molecule has 0 spiro atoms. The molecule has 1 atom stereocenters. The van der Waals surface area contributed by atoms with Gasteiger partial charge in [0.05, 0.1) is 18.3 Å². The number of nitrogens with zero attached hydrogens (tertiary/aromatic N) is 1. The Kier molecular flexibility index (Phi) is 6.26. The Hall–Kier alpha value is -2.54. The normalized spacial score (nSPS) is 12.5. The molecule has 7 heteroatoms. The largest absolute Gasteiger partial charge is 0.416 e. The quantitative estimate of drug-likeness (QED) is 0.802. The van der Waals surface area contributed by atoms with Crippen LogP contribution in [0.5, 0.6) is 0 Å². The van der Waals surface area contributed by atoms with E-state index in [1.165, 1.54) is 17.0 Å². The van der Waals surface area contributed by atoms with Crippen molar-refractivity contribution in [3.63, 3.8) is 0 Å². The summed E-state index contributed by atoms with van der Waals surface area (Å²) in [6.07, 6.45) is -4.58. The van der Waals surface area contributed by atoms with Crippen LogP contribution in [0.3, 0.4) is 0 Å². The number of carbonyl (C=O) groups is 1. The molecule has 26 heavy (non-hydrogen) atoms. The molecule has 1 unspecified atom stereocenters. The second-order valence-corrected chi connectivity index (χ2v) is 6.09. The second kappa shape index (κ2) is 8.23. The third kappa shape index (κ3) is 5.49. The minimum absolute atomic E-state index is 0.207. The van der Waals surface area contributed by atoms with Crippen LogP contribution in [-0.4, -0.2) is 25.0 Å². The van der Waals surface area contributed by atoms with Gasteiger partial charge in [-0.05, 0) is 42.3 Å². The van der Waals surface area contributed by atoms with Gasteiger partial charge in [-0.25, -0.2) is 4.79 Å². The van der Waals surface area contributed by atoms with Crippen LogP contribution in [0, 0.1) is 0 Å². The summed E-state index contributed by atoms with van der Waals surface area (Å²) in [5.41, 5.74) is 1.56. The number of hydrogen-bond donors (Lipinski definition) is 1. The zero-order valence-corrected chi connectivity index (χ0v) is 14.8. The molecule has 2 amide bonds. The standard InChI is InChI=1S/C19H21F3N2O2/c1-13(15-6-10-17(11-7-15)23-18(25)24(2)3)26-12-14-4-8-16(9-5-14)19(20,21)22/h4-11,13H,12H2,1-3H3,(H,23,25). The molecule has 0 saturated heterocycles. The molecule has 140 valence electrons. The number of carbonyl (C=O) groups excluding carboxylic acids is 1. The van der Waals surface area contributed by atoms with E-state index in [1.54, 1.807) is 26.2 Å². The van der Waals surface area contributed by atoms with Crippen LogP contribution < -0.4 is 5.32 Å². The smallest absolute Gasteiger partial charge is 0.369 e. The van der Waals surface area contributed by atoms with Gasteiger partial charge in [-0.3, -0.25) is 0 Å². The van der Waals surface area contributed by atoms with Gasteiger partial charge in [-0.15, -0.1) is 0 Å². The topological polar surface area (TPSA) is 41.6 Å². The number of halogens is 3. The number of anilines is 1. The predicted octanol–water partition coefficient (Wildman–Crippen LogP) is 5.08. The lowest BCUT2D eigenvalue weighted by Crippen LogP contribution is -2.27. The summed E-state index contributed by atoms with van der Waals surface area (Å²) in [4.78, 5) is 13.0. The first-order valence-corrected chi connectivity index (χ1v) is 8.03. The van der Waals surface area contributed by atoms with Crippen LogP contribution >= 0.6 is 0 Å². The van der Waals surface area contributed by atoms with E-state index in [4.69, 9.17) is 4.74 Å². The summed E-state index contributed by atoms with van der Waals surface area (Å²) in [6, 6.07) is 11.9. The SMILES string of the molecule is CC(OCc1ccc(C(F)(F)F)cc1)c1ccc(NC(=O)N(C)C)cc1. The van der Waals surface area contributed by atoms with Crippen LogP contribution in [0.25, 0.3) is 0 Å². The van der Waals surface area contributed by atoms with Gasteiger partial charge in [0.2, 0.25) is 0 Å². The molecule has 0 bridgehead atoms.